The van der Waals surface area contributed by atoms with Crippen molar-refractivity contribution in [2.75, 3.05) is 31.1 Å². The van der Waals surface area contributed by atoms with Gasteiger partial charge in [-0.05, 0) is 24.6 Å². The number of nitrogens with zero attached hydrogens (tertiary/aromatic N) is 4. The van der Waals surface area contributed by atoms with Crippen LogP contribution in [0.3, 0.4) is 0 Å². The molecule has 0 saturated carbocycles. The molecule has 0 N–H and O–H groups in total. The molecule has 5 nitrogen and oxygen atoms in total. The molecule has 144 valence electrons. The van der Waals surface area contributed by atoms with Crippen molar-refractivity contribution in [1.82, 2.24) is 14.9 Å². The van der Waals surface area contributed by atoms with E-state index >= 15 is 0 Å². The van der Waals surface area contributed by atoms with Crippen LogP contribution in [-0.2, 0) is 17.4 Å². The number of rotatable bonds is 3. The standard InChI is InChI=1S/C18H18ClF3N4O/c1-12-2-3-13(10-23-12)8-16(27)25-4-6-26(7-5-25)17-15(19)9-14(11-24-17)18(20,21)22/h2-3,9-11H,4-8H2,1H3. The van der Waals surface area contributed by atoms with Gasteiger partial charge in [0.05, 0.1) is 17.0 Å². The van der Waals surface area contributed by atoms with Gasteiger partial charge in [0.25, 0.3) is 0 Å². The number of alkyl halides is 3. The van der Waals surface area contributed by atoms with Gasteiger partial charge in [0.15, 0.2) is 0 Å². The van der Waals surface area contributed by atoms with Crippen LogP contribution in [0, 0.1) is 6.92 Å². The maximum Gasteiger partial charge on any atom is 0.417 e. The highest BCUT2D eigenvalue weighted by Gasteiger charge is 2.32. The Morgan fingerprint density at radius 2 is 1.85 bits per heavy atom. The third-order valence-electron chi connectivity index (χ3n) is 4.41. The topological polar surface area (TPSA) is 49.3 Å². The summed E-state index contributed by atoms with van der Waals surface area (Å²) in [6.45, 7) is 3.70. The zero-order chi connectivity index (χ0) is 19.6. The predicted molar refractivity (Wildman–Crippen MR) is 95.7 cm³/mol. The molecule has 0 radical (unpaired) electrons. The average Bonchev–Trinajstić information content (AvgIpc) is 2.63. The van der Waals surface area contributed by atoms with Crippen molar-refractivity contribution in [1.29, 1.82) is 0 Å². The fraction of sp³-hybridized carbons (Fsp3) is 0.389. The second-order valence-corrected chi connectivity index (χ2v) is 6.79. The van der Waals surface area contributed by atoms with Crippen LogP contribution in [0.15, 0.2) is 30.6 Å². The molecular formula is C18H18ClF3N4O. The molecule has 0 spiro atoms. The van der Waals surface area contributed by atoms with Crippen molar-refractivity contribution in [3.63, 3.8) is 0 Å². The lowest BCUT2D eigenvalue weighted by Crippen LogP contribution is -2.49. The molecule has 3 heterocycles. The monoisotopic (exact) mass is 398 g/mol. The molecule has 3 rings (SSSR count). The highest BCUT2D eigenvalue weighted by atomic mass is 35.5. The van der Waals surface area contributed by atoms with Crippen LogP contribution in [-0.4, -0.2) is 47.0 Å². The number of pyridine rings is 2. The summed E-state index contributed by atoms with van der Waals surface area (Å²) in [7, 11) is 0. The van der Waals surface area contributed by atoms with Gasteiger partial charge < -0.3 is 9.80 Å². The molecule has 1 saturated heterocycles. The molecule has 1 aliphatic heterocycles. The van der Waals surface area contributed by atoms with E-state index in [4.69, 9.17) is 11.6 Å². The third-order valence-corrected chi connectivity index (χ3v) is 4.69. The molecule has 1 fully saturated rings. The molecule has 0 bridgehead atoms. The largest absolute Gasteiger partial charge is 0.417 e. The molecule has 2 aromatic rings. The van der Waals surface area contributed by atoms with E-state index in [2.05, 4.69) is 9.97 Å². The lowest BCUT2D eigenvalue weighted by Gasteiger charge is -2.36. The van der Waals surface area contributed by atoms with E-state index in [1.54, 1.807) is 16.0 Å². The first-order valence-electron chi connectivity index (χ1n) is 8.41. The minimum absolute atomic E-state index is 0.00761. The Labute approximate surface area is 159 Å². The number of hydrogen-bond acceptors (Lipinski definition) is 4. The first-order chi connectivity index (χ1) is 12.7. The van der Waals surface area contributed by atoms with Crippen molar-refractivity contribution in [3.05, 3.63) is 52.4 Å². The summed E-state index contributed by atoms with van der Waals surface area (Å²) in [5.74, 6) is 0.297. The summed E-state index contributed by atoms with van der Waals surface area (Å²) in [5, 5.41) is -0.0460. The molecule has 27 heavy (non-hydrogen) atoms. The maximum atomic E-state index is 12.7. The van der Waals surface area contributed by atoms with Crippen LogP contribution in [0.25, 0.3) is 0 Å². The quantitative estimate of drug-likeness (QED) is 0.795. The van der Waals surface area contributed by atoms with Gasteiger partial charge >= 0.3 is 6.18 Å². The Morgan fingerprint density at radius 1 is 1.15 bits per heavy atom. The van der Waals surface area contributed by atoms with Gasteiger partial charge in [0.2, 0.25) is 5.91 Å². The van der Waals surface area contributed by atoms with Gasteiger partial charge in [-0.1, -0.05) is 17.7 Å². The average molecular weight is 399 g/mol. The van der Waals surface area contributed by atoms with Crippen LogP contribution in [0.5, 0.6) is 0 Å². The second kappa shape index (κ2) is 7.72. The minimum Gasteiger partial charge on any atom is -0.352 e. The zero-order valence-electron chi connectivity index (χ0n) is 14.6. The van der Waals surface area contributed by atoms with Crippen LogP contribution < -0.4 is 4.90 Å². The second-order valence-electron chi connectivity index (χ2n) is 6.38. The van der Waals surface area contributed by atoms with Crippen molar-refractivity contribution < 1.29 is 18.0 Å². The molecular weight excluding hydrogens is 381 g/mol. The Hall–Kier alpha value is -2.35. The van der Waals surface area contributed by atoms with Gasteiger partial charge in [0, 0.05) is 44.3 Å². The normalized spacial score (nSPS) is 15.1. The fourth-order valence-corrected chi connectivity index (χ4v) is 3.16. The molecule has 1 aliphatic rings. The first-order valence-corrected chi connectivity index (χ1v) is 8.79. The molecule has 0 aliphatic carbocycles. The summed E-state index contributed by atoms with van der Waals surface area (Å²) < 4.78 is 38.2. The molecule has 0 aromatic carbocycles. The van der Waals surface area contributed by atoms with E-state index in [1.807, 2.05) is 19.1 Å². The van der Waals surface area contributed by atoms with Crippen LogP contribution >= 0.6 is 11.6 Å². The SMILES string of the molecule is Cc1ccc(CC(=O)N2CCN(c3ncc(C(F)(F)F)cc3Cl)CC2)cn1. The molecule has 9 heteroatoms. The van der Waals surface area contributed by atoms with Gasteiger partial charge in [-0.3, -0.25) is 9.78 Å². The van der Waals surface area contributed by atoms with E-state index in [-0.39, 0.29) is 17.4 Å². The minimum atomic E-state index is -4.48. The number of carbonyl (C=O) groups is 1. The third kappa shape index (κ3) is 4.68. The van der Waals surface area contributed by atoms with Gasteiger partial charge in [-0.2, -0.15) is 13.2 Å². The molecule has 0 atom stereocenters. The number of aryl methyl sites for hydroxylation is 1. The number of halogens is 4. The lowest BCUT2D eigenvalue weighted by atomic mass is 10.1. The van der Waals surface area contributed by atoms with Gasteiger partial charge in [-0.15, -0.1) is 0 Å². The highest BCUT2D eigenvalue weighted by molar-refractivity contribution is 6.33. The van der Waals surface area contributed by atoms with Crippen LogP contribution in [0.1, 0.15) is 16.8 Å². The van der Waals surface area contributed by atoms with E-state index in [0.717, 1.165) is 23.5 Å². The Bertz CT molecular complexity index is 818. The van der Waals surface area contributed by atoms with Crippen molar-refractivity contribution in [2.45, 2.75) is 19.5 Å². The van der Waals surface area contributed by atoms with E-state index in [9.17, 15) is 18.0 Å². The summed E-state index contributed by atoms with van der Waals surface area (Å²) >= 11 is 6.00. The number of carbonyl (C=O) groups excluding carboxylic acids is 1. The molecule has 0 unspecified atom stereocenters. The van der Waals surface area contributed by atoms with Crippen molar-refractivity contribution in [3.8, 4) is 0 Å². The highest BCUT2D eigenvalue weighted by Crippen LogP contribution is 2.33. The Kier molecular flexibility index (Phi) is 5.55. The Balaban J connectivity index is 1.60. The van der Waals surface area contributed by atoms with Crippen LogP contribution in [0.2, 0.25) is 5.02 Å². The fourth-order valence-electron chi connectivity index (χ4n) is 2.88. The van der Waals surface area contributed by atoms with E-state index in [0.29, 0.717) is 32.0 Å². The molecule has 1 amide bonds. The smallest absolute Gasteiger partial charge is 0.352 e. The first kappa shape index (κ1) is 19.4. The number of hydrogen-bond donors (Lipinski definition) is 0. The number of aromatic nitrogens is 2. The van der Waals surface area contributed by atoms with Crippen LogP contribution in [0.4, 0.5) is 19.0 Å². The molecule has 2 aromatic heterocycles. The van der Waals surface area contributed by atoms with E-state index in [1.165, 1.54) is 0 Å². The maximum absolute atomic E-state index is 12.7. The predicted octanol–water partition coefficient (Wildman–Crippen LogP) is 3.35. The van der Waals surface area contributed by atoms with E-state index < -0.39 is 11.7 Å². The number of amides is 1. The summed E-state index contributed by atoms with van der Waals surface area (Å²) in [5.41, 5.74) is 0.859. The summed E-state index contributed by atoms with van der Waals surface area (Å²) in [6.07, 6.45) is -1.74. The van der Waals surface area contributed by atoms with Crippen molar-refractivity contribution >= 4 is 23.3 Å². The zero-order valence-corrected chi connectivity index (χ0v) is 15.4. The number of piperazine rings is 1. The Morgan fingerprint density at radius 3 is 2.41 bits per heavy atom. The van der Waals surface area contributed by atoms with Gasteiger partial charge in [-0.25, -0.2) is 4.98 Å². The lowest BCUT2D eigenvalue weighted by molar-refractivity contribution is -0.137. The number of anilines is 1. The van der Waals surface area contributed by atoms with Crippen molar-refractivity contribution in [2.24, 2.45) is 0 Å². The van der Waals surface area contributed by atoms with Gasteiger partial charge in [0.1, 0.15) is 5.82 Å². The summed E-state index contributed by atoms with van der Waals surface area (Å²) in [6, 6.07) is 4.62. The summed E-state index contributed by atoms with van der Waals surface area (Å²) in [4.78, 5) is 24.0.